The fourth-order valence-electron chi connectivity index (χ4n) is 4.89. The lowest BCUT2D eigenvalue weighted by Crippen LogP contribution is -2.54. The summed E-state index contributed by atoms with van der Waals surface area (Å²) in [4.78, 5) is 55.1. The molecule has 2 N–H and O–H groups in total. The molecule has 45 heavy (non-hydrogen) atoms. The minimum Gasteiger partial charge on any atom is -0.466 e. The van der Waals surface area contributed by atoms with Crippen LogP contribution in [0.2, 0.25) is 0 Å². The molecule has 0 saturated heterocycles. The predicted octanol–water partition coefficient (Wildman–Crippen LogP) is 5.71. The second-order valence-electron chi connectivity index (χ2n) is 11.8. The lowest BCUT2D eigenvalue weighted by atomic mass is 9.96. The number of benzene rings is 2. The molecule has 2 atom stereocenters. The van der Waals surface area contributed by atoms with E-state index < -0.39 is 41.6 Å². The first-order valence-electron chi connectivity index (χ1n) is 15.8. The van der Waals surface area contributed by atoms with Gasteiger partial charge in [0.15, 0.2) is 0 Å². The van der Waals surface area contributed by atoms with Crippen LogP contribution in [0.4, 0.5) is 4.79 Å². The van der Waals surface area contributed by atoms with Crippen LogP contribution in [0.15, 0.2) is 54.6 Å². The van der Waals surface area contributed by atoms with Crippen molar-refractivity contribution in [1.82, 2.24) is 15.5 Å². The summed E-state index contributed by atoms with van der Waals surface area (Å²) < 4.78 is 10.5. The van der Waals surface area contributed by atoms with Crippen LogP contribution in [0.25, 0.3) is 0 Å². The number of rotatable bonds is 17. The van der Waals surface area contributed by atoms with Crippen LogP contribution in [0.3, 0.4) is 0 Å². The van der Waals surface area contributed by atoms with Gasteiger partial charge in [-0.1, -0.05) is 87.1 Å². The Morgan fingerprint density at radius 3 is 2.24 bits per heavy atom. The highest BCUT2D eigenvalue weighted by Crippen LogP contribution is 2.27. The van der Waals surface area contributed by atoms with Gasteiger partial charge in [-0.25, -0.2) is 4.79 Å². The molecule has 2 rings (SSSR count). The van der Waals surface area contributed by atoms with Gasteiger partial charge in [-0.2, -0.15) is 0 Å². The maximum absolute atomic E-state index is 14.6. The summed E-state index contributed by atoms with van der Waals surface area (Å²) in [7, 11) is 0. The first-order valence-corrected chi connectivity index (χ1v) is 15.8. The number of alkyl carbamates (subject to hydrolysis) is 1. The lowest BCUT2D eigenvalue weighted by Gasteiger charge is -2.35. The zero-order chi connectivity index (χ0) is 33.2. The van der Waals surface area contributed by atoms with Gasteiger partial charge in [-0.3, -0.25) is 14.4 Å². The van der Waals surface area contributed by atoms with Crippen LogP contribution in [0.5, 0.6) is 0 Å². The third kappa shape index (κ3) is 13.1. The van der Waals surface area contributed by atoms with E-state index in [1.165, 1.54) is 4.90 Å². The molecule has 0 saturated carbocycles. The van der Waals surface area contributed by atoms with Gasteiger partial charge in [0.1, 0.15) is 17.7 Å². The molecule has 0 aromatic heterocycles. The summed E-state index contributed by atoms with van der Waals surface area (Å²) in [6.07, 6.45) is 9.88. The number of ether oxygens (including phenoxy) is 2. The van der Waals surface area contributed by atoms with Crippen molar-refractivity contribution in [2.24, 2.45) is 0 Å². The predicted molar refractivity (Wildman–Crippen MR) is 175 cm³/mol. The van der Waals surface area contributed by atoms with E-state index in [2.05, 4.69) is 23.5 Å². The molecule has 2 unspecified atom stereocenters. The fourth-order valence-corrected chi connectivity index (χ4v) is 4.89. The number of esters is 1. The van der Waals surface area contributed by atoms with Crippen LogP contribution in [-0.2, 0) is 30.3 Å². The quantitative estimate of drug-likeness (QED) is 0.133. The molecular weight excluding hydrogens is 570 g/mol. The van der Waals surface area contributed by atoms with E-state index in [0.717, 1.165) is 31.2 Å². The summed E-state index contributed by atoms with van der Waals surface area (Å²) in [6.45, 7) is 9.58. The van der Waals surface area contributed by atoms with Crippen molar-refractivity contribution in [3.8, 4) is 12.3 Å². The van der Waals surface area contributed by atoms with Crippen LogP contribution in [0, 0.1) is 12.3 Å². The third-order valence-corrected chi connectivity index (χ3v) is 6.96. The second kappa shape index (κ2) is 19.1. The maximum atomic E-state index is 14.6. The van der Waals surface area contributed by atoms with E-state index in [9.17, 15) is 19.2 Å². The molecule has 3 amide bonds. The SMILES string of the molecule is C#Cc1ccccc1C(C(=O)NCCC(=O)OCC)N(CCCCCCC)C(=O)C(Cc1ccccc1)NC(=O)OC(C)(C)C. The highest BCUT2D eigenvalue weighted by molar-refractivity contribution is 5.93. The summed E-state index contributed by atoms with van der Waals surface area (Å²) in [6, 6.07) is 14.2. The summed E-state index contributed by atoms with van der Waals surface area (Å²) in [5.74, 6) is 1.27. The van der Waals surface area contributed by atoms with Crippen molar-refractivity contribution >= 4 is 23.9 Å². The van der Waals surface area contributed by atoms with Gasteiger partial charge >= 0.3 is 12.1 Å². The van der Waals surface area contributed by atoms with E-state index in [-0.39, 0.29) is 32.5 Å². The van der Waals surface area contributed by atoms with Gasteiger partial charge in [0.2, 0.25) is 11.8 Å². The zero-order valence-corrected chi connectivity index (χ0v) is 27.4. The summed E-state index contributed by atoms with van der Waals surface area (Å²) >= 11 is 0. The molecule has 2 aromatic carbocycles. The number of amides is 3. The molecule has 9 heteroatoms. The Kier molecular flexibility index (Phi) is 15.7. The van der Waals surface area contributed by atoms with Crippen molar-refractivity contribution in [2.45, 2.75) is 97.2 Å². The summed E-state index contributed by atoms with van der Waals surface area (Å²) in [5, 5.41) is 5.59. The van der Waals surface area contributed by atoms with E-state index >= 15 is 0 Å². The molecule has 244 valence electrons. The van der Waals surface area contributed by atoms with Crippen molar-refractivity contribution in [2.75, 3.05) is 19.7 Å². The molecule has 0 bridgehead atoms. The molecule has 0 heterocycles. The number of carbonyl (C=O) groups is 4. The Bertz CT molecular complexity index is 1280. The largest absolute Gasteiger partial charge is 0.466 e. The first kappa shape index (κ1) is 36.9. The van der Waals surface area contributed by atoms with Gasteiger partial charge in [-0.05, 0) is 51.3 Å². The second-order valence-corrected chi connectivity index (χ2v) is 11.8. The average Bonchev–Trinajstić information content (AvgIpc) is 2.99. The van der Waals surface area contributed by atoms with Gasteiger partial charge in [0.25, 0.3) is 0 Å². The van der Waals surface area contributed by atoms with E-state index in [1.807, 2.05) is 30.3 Å². The highest BCUT2D eigenvalue weighted by Gasteiger charge is 2.37. The zero-order valence-electron chi connectivity index (χ0n) is 27.4. The standard InChI is InChI=1S/C36H49N3O6/c1-7-10-11-12-18-25-39(34(42)30(26-27-19-14-13-15-20-27)38-35(43)45-36(4,5)6)32(29-22-17-16-21-28(29)8-2)33(41)37-24-23-31(40)44-9-3/h2,13-17,19-22,30,32H,7,9-12,18,23-26H2,1,3-6H3,(H,37,41)(H,38,43). The van der Waals surface area contributed by atoms with Crippen LogP contribution >= 0.6 is 0 Å². The molecular formula is C36H49N3O6. The molecule has 0 spiro atoms. The minimum absolute atomic E-state index is 0.0223. The third-order valence-electron chi connectivity index (χ3n) is 6.96. The Hall–Kier alpha value is -4.32. The number of hydrogen-bond donors (Lipinski definition) is 2. The Balaban J connectivity index is 2.56. The van der Waals surface area contributed by atoms with Gasteiger partial charge in [0.05, 0.1) is 13.0 Å². The van der Waals surface area contributed by atoms with E-state index in [1.54, 1.807) is 52.0 Å². The molecule has 0 radical (unpaired) electrons. The highest BCUT2D eigenvalue weighted by atomic mass is 16.6. The van der Waals surface area contributed by atoms with Crippen molar-refractivity contribution in [3.63, 3.8) is 0 Å². The topological polar surface area (TPSA) is 114 Å². The maximum Gasteiger partial charge on any atom is 0.408 e. The molecule has 0 aliphatic carbocycles. The number of carbonyl (C=O) groups excluding carboxylic acids is 4. The van der Waals surface area contributed by atoms with E-state index in [0.29, 0.717) is 17.5 Å². The van der Waals surface area contributed by atoms with Gasteiger partial charge in [0, 0.05) is 25.1 Å². The normalized spacial score (nSPS) is 12.3. The molecule has 0 aliphatic rings. The smallest absolute Gasteiger partial charge is 0.408 e. The molecule has 0 fully saturated rings. The monoisotopic (exact) mass is 619 g/mol. The van der Waals surface area contributed by atoms with Gasteiger partial charge < -0.3 is 25.0 Å². The number of terminal acetylenes is 1. The average molecular weight is 620 g/mol. The van der Waals surface area contributed by atoms with Crippen LogP contribution in [0.1, 0.15) is 95.9 Å². The Morgan fingerprint density at radius 2 is 1.60 bits per heavy atom. The Morgan fingerprint density at radius 1 is 0.933 bits per heavy atom. The number of hydrogen-bond acceptors (Lipinski definition) is 6. The first-order chi connectivity index (χ1) is 21.5. The van der Waals surface area contributed by atoms with Gasteiger partial charge in [-0.15, -0.1) is 6.42 Å². The number of nitrogens with one attached hydrogen (secondary N) is 2. The van der Waals surface area contributed by atoms with Crippen molar-refractivity contribution in [1.29, 1.82) is 0 Å². The fraction of sp³-hybridized carbons (Fsp3) is 0.500. The van der Waals surface area contributed by atoms with Crippen molar-refractivity contribution in [3.05, 3.63) is 71.3 Å². The molecule has 9 nitrogen and oxygen atoms in total. The number of nitrogens with zero attached hydrogens (tertiary/aromatic N) is 1. The van der Waals surface area contributed by atoms with Crippen LogP contribution < -0.4 is 10.6 Å². The lowest BCUT2D eigenvalue weighted by molar-refractivity contribution is -0.144. The number of unbranched alkanes of at least 4 members (excludes halogenated alkanes) is 4. The molecule has 0 aliphatic heterocycles. The van der Waals surface area contributed by atoms with Crippen LogP contribution in [-0.4, -0.2) is 60.1 Å². The summed E-state index contributed by atoms with van der Waals surface area (Å²) in [5.41, 5.74) is 0.989. The minimum atomic E-state index is -1.11. The Labute approximate surface area is 268 Å². The van der Waals surface area contributed by atoms with Crippen molar-refractivity contribution < 1.29 is 28.7 Å². The van der Waals surface area contributed by atoms with E-state index in [4.69, 9.17) is 15.9 Å². The molecule has 2 aromatic rings.